The summed E-state index contributed by atoms with van der Waals surface area (Å²) in [6.07, 6.45) is 112. The zero-order chi connectivity index (χ0) is 65.8. The molecular weight excluding hydrogens is 1150 g/mol. The molecule has 0 spiro atoms. The highest BCUT2D eigenvalue weighted by Crippen LogP contribution is 2.43. The number of carbonyl (C=O) groups is 2. The van der Waals surface area contributed by atoms with Crippen LogP contribution < -0.4 is 5.73 Å². The fourth-order valence-corrected chi connectivity index (χ4v) is 10.0. The van der Waals surface area contributed by atoms with Crippen LogP contribution in [0.1, 0.15) is 271 Å². The molecule has 512 valence electrons. The lowest BCUT2D eigenvalue weighted by Crippen LogP contribution is -2.29. The van der Waals surface area contributed by atoms with Gasteiger partial charge in [-0.1, -0.05) is 311 Å². The van der Waals surface area contributed by atoms with E-state index in [1.807, 2.05) is 0 Å². The van der Waals surface area contributed by atoms with Gasteiger partial charge in [0.2, 0.25) is 0 Å². The summed E-state index contributed by atoms with van der Waals surface area (Å²) < 4.78 is 33.2. The zero-order valence-electron chi connectivity index (χ0n) is 57.5. The van der Waals surface area contributed by atoms with Crippen molar-refractivity contribution in [3.8, 4) is 0 Å². The van der Waals surface area contributed by atoms with Gasteiger partial charge in [-0.2, -0.15) is 0 Å². The lowest BCUT2D eigenvalue weighted by atomic mass is 10.0. The van der Waals surface area contributed by atoms with Crippen LogP contribution in [0.5, 0.6) is 0 Å². The maximum Gasteiger partial charge on any atom is 0.472 e. The summed E-state index contributed by atoms with van der Waals surface area (Å²) in [5.41, 5.74) is 5.40. The van der Waals surface area contributed by atoms with E-state index in [1.54, 1.807) is 0 Å². The van der Waals surface area contributed by atoms with Crippen LogP contribution in [0.15, 0.2) is 194 Å². The van der Waals surface area contributed by atoms with Gasteiger partial charge in [0.05, 0.1) is 13.2 Å². The maximum absolute atomic E-state index is 12.8. The van der Waals surface area contributed by atoms with Crippen LogP contribution in [0.2, 0.25) is 0 Å². The van der Waals surface area contributed by atoms with Crippen molar-refractivity contribution < 1.29 is 37.6 Å². The lowest BCUT2D eigenvalue weighted by Gasteiger charge is -2.19. The number of esters is 2. The molecular formula is C81H130NO8P. The minimum Gasteiger partial charge on any atom is -0.462 e. The van der Waals surface area contributed by atoms with Crippen molar-refractivity contribution in [2.75, 3.05) is 26.4 Å². The van der Waals surface area contributed by atoms with Crippen molar-refractivity contribution in [3.05, 3.63) is 194 Å². The van der Waals surface area contributed by atoms with Gasteiger partial charge in [-0.25, -0.2) is 4.57 Å². The molecule has 0 aromatic rings. The van der Waals surface area contributed by atoms with Crippen LogP contribution in [-0.2, 0) is 32.7 Å². The quantitative estimate of drug-likeness (QED) is 0.0264. The van der Waals surface area contributed by atoms with Crippen molar-refractivity contribution in [1.29, 1.82) is 0 Å². The summed E-state index contributed by atoms with van der Waals surface area (Å²) in [6.45, 7) is 3.49. The first kappa shape index (κ1) is 85.8. The van der Waals surface area contributed by atoms with Crippen LogP contribution in [0, 0.1) is 0 Å². The molecule has 0 bridgehead atoms. The Labute approximate surface area is 557 Å². The number of allylic oxidation sites excluding steroid dienone is 32. The Hall–Kier alpha value is -5.15. The number of nitrogens with two attached hydrogens (primary N) is 1. The van der Waals surface area contributed by atoms with Gasteiger partial charge in [0.1, 0.15) is 6.61 Å². The van der Waals surface area contributed by atoms with E-state index in [9.17, 15) is 19.0 Å². The molecule has 0 aromatic heterocycles. The van der Waals surface area contributed by atoms with E-state index < -0.39 is 32.5 Å². The van der Waals surface area contributed by atoms with Gasteiger partial charge < -0.3 is 20.1 Å². The van der Waals surface area contributed by atoms with E-state index in [0.717, 1.165) is 161 Å². The summed E-state index contributed by atoms with van der Waals surface area (Å²) in [5.74, 6) is -0.851. The van der Waals surface area contributed by atoms with E-state index >= 15 is 0 Å². The summed E-state index contributed by atoms with van der Waals surface area (Å²) >= 11 is 0. The third-order valence-electron chi connectivity index (χ3n) is 14.5. The minimum absolute atomic E-state index is 0.0420. The summed E-state index contributed by atoms with van der Waals surface area (Å²) in [7, 11) is -4.41. The van der Waals surface area contributed by atoms with Crippen molar-refractivity contribution in [1.82, 2.24) is 0 Å². The molecule has 0 fully saturated rings. The average molecular weight is 1280 g/mol. The van der Waals surface area contributed by atoms with Crippen molar-refractivity contribution in [3.63, 3.8) is 0 Å². The Bertz CT molecular complexity index is 2200. The number of ether oxygens (including phenoxy) is 2. The first-order valence-electron chi connectivity index (χ1n) is 35.9. The number of phosphoric acid groups is 1. The van der Waals surface area contributed by atoms with E-state index in [1.165, 1.54) is 77.0 Å². The third-order valence-corrected chi connectivity index (χ3v) is 15.5. The molecule has 2 unspecified atom stereocenters. The Morgan fingerprint density at radius 3 is 0.846 bits per heavy atom. The smallest absolute Gasteiger partial charge is 0.462 e. The first-order valence-corrected chi connectivity index (χ1v) is 37.4. The van der Waals surface area contributed by atoms with E-state index in [-0.39, 0.29) is 32.6 Å². The van der Waals surface area contributed by atoms with Crippen LogP contribution in [0.4, 0.5) is 0 Å². The Balaban J connectivity index is 3.99. The molecule has 0 aliphatic carbocycles. The van der Waals surface area contributed by atoms with Crippen molar-refractivity contribution in [2.24, 2.45) is 5.73 Å². The van der Waals surface area contributed by atoms with E-state index in [0.29, 0.717) is 6.42 Å². The fourth-order valence-electron chi connectivity index (χ4n) is 9.26. The zero-order valence-corrected chi connectivity index (χ0v) is 58.4. The topological polar surface area (TPSA) is 134 Å². The minimum atomic E-state index is -4.41. The highest BCUT2D eigenvalue weighted by atomic mass is 31.2. The monoisotopic (exact) mass is 1280 g/mol. The van der Waals surface area contributed by atoms with Crippen LogP contribution in [0.25, 0.3) is 0 Å². The molecule has 9 nitrogen and oxygen atoms in total. The molecule has 0 saturated carbocycles. The summed E-state index contributed by atoms with van der Waals surface area (Å²) in [6, 6.07) is 0. The second-order valence-electron chi connectivity index (χ2n) is 23.0. The van der Waals surface area contributed by atoms with Crippen molar-refractivity contribution >= 4 is 19.8 Å². The SMILES string of the molecule is CC/C=C\C/C=C\C/C=C\C/C=C\C/C=C\C/C=C\C/C=C\C/C=C\C/C=C\C/C=C\C/C=C\CCCCCCCCCC(=O)OC(COC(=O)CCCCCCCCCCCCCCC/C=C\C/C=C\C/C=C\C/C=C\C/C=C\CC)COP(=O)(O)OCCN. The maximum atomic E-state index is 12.8. The van der Waals surface area contributed by atoms with Gasteiger partial charge in [0, 0.05) is 19.4 Å². The average Bonchev–Trinajstić information content (AvgIpc) is 3.74. The molecule has 0 aliphatic heterocycles. The molecule has 3 N–H and O–H groups in total. The fraction of sp³-hybridized carbons (Fsp3) is 0.580. The second kappa shape index (κ2) is 73.9. The standard InChI is InChI=1S/C81H130NO8P/c1-3-5-7-9-11-13-15-17-19-21-23-25-27-29-31-33-34-35-36-37-38-39-40-41-42-43-44-46-48-50-52-54-56-58-60-62-64-66-68-70-72-74-81(84)90-79(78-89-91(85,86)88-76-75-82)77-87-80(83)73-71-69-67-65-63-61-59-57-55-53-51-49-47-45-32-30-28-26-24-22-20-18-16-14-12-10-8-6-4-2/h5-8,11-14,17-20,23-26,29-32,34-35,37-38,40-41,43-44,48,50,54,56,79H,3-4,9-10,15-16,21-22,27-28,33,36,39,42,45-47,49,51-53,55,57-78,82H2,1-2H3,(H,85,86)/b7-5-,8-6-,13-11-,14-12-,19-17-,20-18-,25-23-,26-24-,31-29-,32-30-,35-34-,38-37-,41-40-,44-43-,50-48-,56-54-. The third kappa shape index (κ3) is 73.8. The molecule has 91 heavy (non-hydrogen) atoms. The molecule has 0 aromatic carbocycles. The van der Waals surface area contributed by atoms with Gasteiger partial charge in [-0.3, -0.25) is 18.6 Å². The summed E-state index contributed by atoms with van der Waals surface area (Å²) in [4.78, 5) is 35.4. The number of carbonyl (C=O) groups excluding carboxylic acids is 2. The molecule has 2 atom stereocenters. The second-order valence-corrected chi connectivity index (χ2v) is 24.4. The Morgan fingerprint density at radius 1 is 0.330 bits per heavy atom. The molecule has 0 radical (unpaired) electrons. The molecule has 0 heterocycles. The predicted octanol–water partition coefficient (Wildman–Crippen LogP) is 24.1. The van der Waals surface area contributed by atoms with Crippen LogP contribution in [0.3, 0.4) is 0 Å². The highest BCUT2D eigenvalue weighted by Gasteiger charge is 2.26. The molecule has 0 amide bonds. The first-order chi connectivity index (χ1) is 44.8. The number of hydrogen-bond donors (Lipinski definition) is 2. The van der Waals surface area contributed by atoms with E-state index in [2.05, 4.69) is 208 Å². The molecule has 0 rings (SSSR count). The predicted molar refractivity (Wildman–Crippen MR) is 394 cm³/mol. The largest absolute Gasteiger partial charge is 0.472 e. The Kier molecular flexibility index (Phi) is 69.7. The van der Waals surface area contributed by atoms with E-state index in [4.69, 9.17) is 24.3 Å². The highest BCUT2D eigenvalue weighted by molar-refractivity contribution is 7.47. The van der Waals surface area contributed by atoms with Gasteiger partial charge in [-0.15, -0.1) is 0 Å². The number of unbranched alkanes of at least 4 members (excludes halogenated alkanes) is 20. The van der Waals surface area contributed by atoms with Gasteiger partial charge >= 0.3 is 19.8 Å². The lowest BCUT2D eigenvalue weighted by molar-refractivity contribution is -0.161. The number of hydrogen-bond acceptors (Lipinski definition) is 8. The summed E-state index contributed by atoms with van der Waals surface area (Å²) in [5, 5.41) is 0. The Morgan fingerprint density at radius 2 is 0.571 bits per heavy atom. The van der Waals surface area contributed by atoms with Crippen LogP contribution >= 0.6 is 7.82 Å². The molecule has 10 heteroatoms. The van der Waals surface area contributed by atoms with Crippen molar-refractivity contribution in [2.45, 2.75) is 277 Å². The van der Waals surface area contributed by atoms with Crippen LogP contribution in [-0.4, -0.2) is 49.3 Å². The van der Waals surface area contributed by atoms with Gasteiger partial charge in [-0.05, 0) is 141 Å². The molecule has 0 saturated heterocycles. The van der Waals surface area contributed by atoms with Gasteiger partial charge in [0.15, 0.2) is 6.10 Å². The molecule has 0 aliphatic rings. The number of phosphoric ester groups is 1. The normalized spacial score (nSPS) is 14.1. The number of rotatable bonds is 65. The van der Waals surface area contributed by atoms with Gasteiger partial charge in [0.25, 0.3) is 0 Å².